The van der Waals surface area contributed by atoms with Crippen molar-refractivity contribution in [2.45, 2.75) is 82.2 Å². The number of carbonyl (C=O) groups is 1. The highest BCUT2D eigenvalue weighted by Crippen LogP contribution is 2.50. The van der Waals surface area contributed by atoms with Gasteiger partial charge in [-0.15, -0.1) is 0 Å². The molecule has 228 valence electrons. The van der Waals surface area contributed by atoms with Crippen molar-refractivity contribution in [3.8, 4) is 5.75 Å². The van der Waals surface area contributed by atoms with Crippen molar-refractivity contribution in [3.63, 3.8) is 0 Å². The first-order valence-electron chi connectivity index (χ1n) is 13.7. The Labute approximate surface area is 240 Å². The van der Waals surface area contributed by atoms with Gasteiger partial charge in [-0.3, -0.25) is 23.7 Å². The third-order valence-electron chi connectivity index (χ3n) is 7.14. The van der Waals surface area contributed by atoms with Crippen molar-refractivity contribution in [1.82, 2.24) is 24.6 Å². The molecule has 3 heterocycles. The molecule has 0 spiro atoms. The van der Waals surface area contributed by atoms with Crippen LogP contribution < -0.4 is 20.9 Å². The number of aromatic nitrogens is 4. The maximum absolute atomic E-state index is 16.1. The largest absolute Gasteiger partial charge is 0.461 e. The zero-order valence-electron chi connectivity index (χ0n) is 23.2. The van der Waals surface area contributed by atoms with Gasteiger partial charge >= 0.3 is 13.7 Å². The van der Waals surface area contributed by atoms with Crippen LogP contribution in [-0.4, -0.2) is 60.8 Å². The van der Waals surface area contributed by atoms with Gasteiger partial charge in [0.1, 0.15) is 30.1 Å². The van der Waals surface area contributed by atoms with E-state index in [1.54, 1.807) is 18.2 Å². The molecule has 3 aromatic rings. The molecule has 5 N–H and O–H groups in total. The standard InChI is InChI=1S/C26H34FN6O8P/c1-16(22(35)39-17-9-5-3-6-10-17)32-42(37,41-18-11-7-4-8-12-18)38-14-26(27)13-25(2,36)23(40-26)33-15-29-19-20(33)30-24(28)31-21(19)34/h4,7-8,11-12,15-17,23,36H,3,5-6,9-10,13-14H2,1-2H3,(H,32,37)(H3,28,30,31,34). The molecule has 0 radical (unpaired) electrons. The highest BCUT2D eigenvalue weighted by atomic mass is 31.2. The highest BCUT2D eigenvalue weighted by molar-refractivity contribution is 7.52. The van der Waals surface area contributed by atoms with Crippen molar-refractivity contribution in [3.05, 3.63) is 47.0 Å². The molecule has 1 aliphatic carbocycles. The second-order valence-electron chi connectivity index (χ2n) is 10.9. The number of aliphatic hydroxyl groups is 1. The number of benzene rings is 1. The summed E-state index contributed by atoms with van der Waals surface area (Å²) in [6.07, 6.45) is 3.40. The number of alkyl halides is 1. The zero-order chi connectivity index (χ0) is 30.1. The summed E-state index contributed by atoms with van der Waals surface area (Å²) < 4.78 is 53.5. The van der Waals surface area contributed by atoms with Crippen LogP contribution in [0.15, 0.2) is 41.5 Å². The maximum atomic E-state index is 16.1. The van der Waals surface area contributed by atoms with E-state index in [4.69, 9.17) is 24.3 Å². The summed E-state index contributed by atoms with van der Waals surface area (Å²) in [6.45, 7) is 1.81. The van der Waals surface area contributed by atoms with Crippen LogP contribution in [0, 0.1) is 0 Å². The molecular formula is C26H34FN6O8P. The number of esters is 1. The molecule has 14 nitrogen and oxygen atoms in total. The molecule has 5 atom stereocenters. The van der Waals surface area contributed by atoms with Crippen LogP contribution in [0.1, 0.15) is 58.6 Å². The highest BCUT2D eigenvalue weighted by Gasteiger charge is 2.56. The normalized spacial score (nSPS) is 27.0. The summed E-state index contributed by atoms with van der Waals surface area (Å²) in [6, 6.07) is 6.92. The maximum Gasteiger partial charge on any atom is 0.459 e. The van der Waals surface area contributed by atoms with Crippen LogP contribution in [0.4, 0.5) is 10.3 Å². The minimum atomic E-state index is -4.42. The Balaban J connectivity index is 1.33. The van der Waals surface area contributed by atoms with Gasteiger partial charge in [0.2, 0.25) is 11.8 Å². The summed E-state index contributed by atoms with van der Waals surface area (Å²) in [5.74, 6) is -3.39. The topological polar surface area (TPSA) is 193 Å². The van der Waals surface area contributed by atoms with E-state index < -0.39 is 56.0 Å². The predicted molar refractivity (Wildman–Crippen MR) is 148 cm³/mol. The quantitative estimate of drug-likeness (QED) is 0.194. The van der Waals surface area contributed by atoms with Crippen LogP contribution in [0.25, 0.3) is 11.2 Å². The number of aromatic amines is 1. The van der Waals surface area contributed by atoms with Gasteiger partial charge in [0.15, 0.2) is 17.4 Å². The molecular weight excluding hydrogens is 574 g/mol. The number of halogens is 1. The number of imidazole rings is 1. The van der Waals surface area contributed by atoms with E-state index in [1.807, 2.05) is 0 Å². The third kappa shape index (κ3) is 6.65. The van der Waals surface area contributed by atoms with E-state index in [0.29, 0.717) is 0 Å². The zero-order valence-corrected chi connectivity index (χ0v) is 24.1. The number of carbonyl (C=O) groups excluding carboxylic acids is 1. The van der Waals surface area contributed by atoms with Gasteiger partial charge in [0, 0.05) is 6.42 Å². The van der Waals surface area contributed by atoms with E-state index in [2.05, 4.69) is 20.0 Å². The fourth-order valence-corrected chi connectivity index (χ4v) is 6.70. The Morgan fingerprint density at radius 3 is 2.76 bits per heavy atom. The number of nitrogens with one attached hydrogen (secondary N) is 2. The number of rotatable bonds is 10. The molecule has 1 aliphatic heterocycles. The lowest BCUT2D eigenvalue weighted by molar-refractivity contribution is -0.180. The molecule has 0 amide bonds. The molecule has 5 rings (SSSR count). The first-order chi connectivity index (χ1) is 19.9. The number of ether oxygens (including phenoxy) is 2. The summed E-state index contributed by atoms with van der Waals surface area (Å²) in [7, 11) is -4.42. The minimum Gasteiger partial charge on any atom is -0.461 e. The van der Waals surface area contributed by atoms with Crippen molar-refractivity contribution >= 4 is 30.8 Å². The monoisotopic (exact) mass is 608 g/mol. The van der Waals surface area contributed by atoms with Crippen molar-refractivity contribution in [1.29, 1.82) is 0 Å². The number of fused-ring (bicyclic) bond motifs is 1. The number of nitrogens with zero attached hydrogens (tertiary/aromatic N) is 3. The first kappa shape index (κ1) is 30.1. The molecule has 1 aromatic carbocycles. The molecule has 1 saturated carbocycles. The van der Waals surface area contributed by atoms with Crippen LogP contribution >= 0.6 is 7.75 Å². The van der Waals surface area contributed by atoms with Gasteiger partial charge in [0.05, 0.1) is 6.33 Å². The molecule has 16 heteroatoms. The van der Waals surface area contributed by atoms with E-state index in [-0.39, 0.29) is 29.0 Å². The molecule has 2 aromatic heterocycles. The number of nitrogen functional groups attached to an aromatic ring is 1. The van der Waals surface area contributed by atoms with Crippen LogP contribution in [0.5, 0.6) is 5.75 Å². The number of hydrogen-bond donors (Lipinski definition) is 4. The SMILES string of the molecule is CC(NP(=O)(OCC1(F)CC(C)(O)C(n2cnc3c(=O)[nH]c(N)nc32)O1)Oc1ccccc1)C(=O)OC1CCCCC1. The molecule has 1 saturated heterocycles. The van der Waals surface area contributed by atoms with E-state index in [1.165, 1.54) is 36.9 Å². The van der Waals surface area contributed by atoms with Crippen LogP contribution in [-0.2, 0) is 23.4 Å². The number of H-pyrrole nitrogens is 1. The number of nitrogens with two attached hydrogens (primary N) is 1. The average molecular weight is 609 g/mol. The van der Waals surface area contributed by atoms with Gasteiger partial charge in [0.25, 0.3) is 5.56 Å². The van der Waals surface area contributed by atoms with Crippen molar-refractivity contribution in [2.24, 2.45) is 0 Å². The van der Waals surface area contributed by atoms with Crippen LogP contribution in [0.2, 0.25) is 0 Å². The van der Waals surface area contributed by atoms with Gasteiger partial charge in [-0.25, -0.2) is 13.9 Å². The number of anilines is 1. The Morgan fingerprint density at radius 2 is 2.05 bits per heavy atom. The van der Waals surface area contributed by atoms with Crippen LogP contribution in [0.3, 0.4) is 0 Å². The first-order valence-corrected chi connectivity index (χ1v) is 15.2. The summed E-state index contributed by atoms with van der Waals surface area (Å²) in [4.78, 5) is 35.3. The number of para-hydroxylation sites is 1. The van der Waals surface area contributed by atoms with E-state index >= 15 is 4.39 Å². The Bertz CT molecular complexity index is 1530. The van der Waals surface area contributed by atoms with Gasteiger partial charge < -0.3 is 24.8 Å². The Hall–Kier alpha value is -3.36. The second kappa shape index (κ2) is 11.7. The minimum absolute atomic E-state index is 0.0308. The lowest BCUT2D eigenvalue weighted by atomic mass is 9.98. The fourth-order valence-electron chi connectivity index (χ4n) is 5.18. The Kier molecular flexibility index (Phi) is 8.41. The molecule has 2 aliphatic rings. The third-order valence-corrected chi connectivity index (χ3v) is 8.76. The molecule has 0 bridgehead atoms. The summed E-state index contributed by atoms with van der Waals surface area (Å²) in [5, 5.41) is 13.7. The smallest absolute Gasteiger partial charge is 0.459 e. The second-order valence-corrected chi connectivity index (χ2v) is 12.6. The van der Waals surface area contributed by atoms with E-state index in [9.17, 15) is 19.3 Å². The Morgan fingerprint density at radius 1 is 1.33 bits per heavy atom. The van der Waals surface area contributed by atoms with Gasteiger partial charge in [-0.1, -0.05) is 24.6 Å². The van der Waals surface area contributed by atoms with E-state index in [0.717, 1.165) is 32.1 Å². The van der Waals surface area contributed by atoms with Crippen molar-refractivity contribution in [2.75, 3.05) is 12.3 Å². The van der Waals surface area contributed by atoms with Gasteiger partial charge in [-0.05, 0) is 51.7 Å². The summed E-state index contributed by atoms with van der Waals surface area (Å²) >= 11 is 0. The number of hydrogen-bond acceptors (Lipinski definition) is 11. The summed E-state index contributed by atoms with van der Waals surface area (Å²) in [5.41, 5.74) is 3.07. The average Bonchev–Trinajstić information content (AvgIpc) is 3.45. The fraction of sp³-hybridized carbons (Fsp3) is 0.538. The lowest BCUT2D eigenvalue weighted by Crippen LogP contribution is -2.38. The van der Waals surface area contributed by atoms with Gasteiger partial charge in [-0.2, -0.15) is 10.1 Å². The molecule has 42 heavy (non-hydrogen) atoms. The predicted octanol–water partition coefficient (Wildman–Crippen LogP) is 3.10. The molecule has 5 unspecified atom stereocenters. The lowest BCUT2D eigenvalue weighted by Gasteiger charge is -2.27. The molecule has 2 fully saturated rings. The van der Waals surface area contributed by atoms with Crippen molar-refractivity contribution < 1.29 is 37.4 Å².